The first kappa shape index (κ1) is 13.1. The summed E-state index contributed by atoms with van der Waals surface area (Å²) in [7, 11) is 0. The summed E-state index contributed by atoms with van der Waals surface area (Å²) < 4.78 is 1.70. The van der Waals surface area contributed by atoms with Gasteiger partial charge in [-0.25, -0.2) is 4.98 Å². The first-order chi connectivity index (χ1) is 8.39. The molecule has 5 nitrogen and oxygen atoms in total. The maximum absolute atomic E-state index is 12.3. The summed E-state index contributed by atoms with van der Waals surface area (Å²) >= 11 is 0. The standard InChI is InChI=1S/C13H22N4O/c1-13(2,3)17-8-7-15-11(12(17)18)16-10-6-4-5-9(10)14/h7-10H,4-6,14H2,1-3H3,(H,15,16). The first-order valence-electron chi connectivity index (χ1n) is 6.50. The van der Waals surface area contributed by atoms with Gasteiger partial charge in [-0.05, 0) is 40.0 Å². The maximum atomic E-state index is 12.3. The number of rotatable bonds is 2. The Morgan fingerprint density at radius 2 is 2.17 bits per heavy atom. The zero-order valence-electron chi connectivity index (χ0n) is 11.3. The molecule has 1 aromatic rings. The van der Waals surface area contributed by atoms with Gasteiger partial charge in [-0.3, -0.25) is 4.79 Å². The number of aromatic nitrogens is 2. The van der Waals surface area contributed by atoms with Gasteiger partial charge in [0, 0.05) is 30.0 Å². The number of nitrogens with one attached hydrogen (secondary N) is 1. The maximum Gasteiger partial charge on any atom is 0.293 e. The zero-order chi connectivity index (χ0) is 13.3. The highest BCUT2D eigenvalue weighted by atomic mass is 16.1. The van der Waals surface area contributed by atoms with Crippen molar-refractivity contribution in [3.63, 3.8) is 0 Å². The summed E-state index contributed by atoms with van der Waals surface area (Å²) in [6.07, 6.45) is 6.52. The molecule has 0 spiro atoms. The number of anilines is 1. The number of nitrogens with two attached hydrogens (primary N) is 1. The van der Waals surface area contributed by atoms with Gasteiger partial charge in [0.1, 0.15) is 0 Å². The smallest absolute Gasteiger partial charge is 0.293 e. The lowest BCUT2D eigenvalue weighted by molar-refractivity contribution is 0.383. The summed E-state index contributed by atoms with van der Waals surface area (Å²) in [6.45, 7) is 6.00. The van der Waals surface area contributed by atoms with Crippen LogP contribution in [0.2, 0.25) is 0 Å². The molecule has 0 aromatic carbocycles. The van der Waals surface area contributed by atoms with E-state index in [2.05, 4.69) is 10.3 Å². The molecule has 2 rings (SSSR count). The molecule has 2 unspecified atom stereocenters. The predicted octanol–water partition coefficient (Wildman–Crippen LogP) is 1.29. The molecule has 18 heavy (non-hydrogen) atoms. The monoisotopic (exact) mass is 250 g/mol. The van der Waals surface area contributed by atoms with Gasteiger partial charge in [0.15, 0.2) is 5.82 Å². The lowest BCUT2D eigenvalue weighted by Crippen LogP contribution is -2.40. The van der Waals surface area contributed by atoms with Crippen molar-refractivity contribution in [1.29, 1.82) is 0 Å². The van der Waals surface area contributed by atoms with Crippen LogP contribution in [0.5, 0.6) is 0 Å². The molecule has 2 atom stereocenters. The van der Waals surface area contributed by atoms with Crippen molar-refractivity contribution < 1.29 is 0 Å². The van der Waals surface area contributed by atoms with E-state index in [0.29, 0.717) is 5.82 Å². The highest BCUT2D eigenvalue weighted by Crippen LogP contribution is 2.20. The zero-order valence-corrected chi connectivity index (χ0v) is 11.3. The third-order valence-electron chi connectivity index (χ3n) is 3.45. The van der Waals surface area contributed by atoms with Gasteiger partial charge in [0.2, 0.25) is 0 Å². The second-order valence-electron chi connectivity index (χ2n) is 5.97. The van der Waals surface area contributed by atoms with Gasteiger partial charge in [-0.2, -0.15) is 0 Å². The van der Waals surface area contributed by atoms with E-state index in [1.165, 1.54) is 0 Å². The molecule has 5 heteroatoms. The Morgan fingerprint density at radius 1 is 1.44 bits per heavy atom. The number of hydrogen-bond acceptors (Lipinski definition) is 4. The average Bonchev–Trinajstić information content (AvgIpc) is 2.66. The minimum absolute atomic E-state index is 0.0795. The quantitative estimate of drug-likeness (QED) is 0.829. The molecule has 1 aliphatic carbocycles. The Kier molecular flexibility index (Phi) is 3.43. The Balaban J connectivity index is 2.27. The van der Waals surface area contributed by atoms with Gasteiger partial charge < -0.3 is 15.6 Å². The minimum Gasteiger partial charge on any atom is -0.361 e. The minimum atomic E-state index is -0.242. The van der Waals surface area contributed by atoms with E-state index in [4.69, 9.17) is 5.73 Å². The van der Waals surface area contributed by atoms with Crippen LogP contribution in [0.1, 0.15) is 40.0 Å². The van der Waals surface area contributed by atoms with Crippen LogP contribution >= 0.6 is 0 Å². The molecule has 0 radical (unpaired) electrons. The van der Waals surface area contributed by atoms with E-state index in [-0.39, 0.29) is 23.2 Å². The van der Waals surface area contributed by atoms with E-state index in [0.717, 1.165) is 19.3 Å². The normalized spacial score (nSPS) is 24.2. The summed E-state index contributed by atoms with van der Waals surface area (Å²) in [4.78, 5) is 16.5. The largest absolute Gasteiger partial charge is 0.361 e. The van der Waals surface area contributed by atoms with E-state index in [9.17, 15) is 4.79 Å². The van der Waals surface area contributed by atoms with Crippen molar-refractivity contribution >= 4 is 5.82 Å². The molecule has 1 aromatic heterocycles. The lowest BCUT2D eigenvalue weighted by atomic mass is 10.1. The average molecular weight is 250 g/mol. The van der Waals surface area contributed by atoms with Gasteiger partial charge in [0.25, 0.3) is 5.56 Å². The Morgan fingerprint density at radius 3 is 2.72 bits per heavy atom. The molecule has 1 aliphatic rings. The van der Waals surface area contributed by atoms with Crippen LogP contribution in [-0.4, -0.2) is 21.6 Å². The van der Waals surface area contributed by atoms with Gasteiger partial charge in [0.05, 0.1) is 0 Å². The van der Waals surface area contributed by atoms with Crippen molar-refractivity contribution in [2.75, 3.05) is 5.32 Å². The highest BCUT2D eigenvalue weighted by Gasteiger charge is 2.25. The molecular weight excluding hydrogens is 228 g/mol. The van der Waals surface area contributed by atoms with E-state index in [1.807, 2.05) is 20.8 Å². The van der Waals surface area contributed by atoms with Crippen LogP contribution in [0.25, 0.3) is 0 Å². The summed E-state index contributed by atoms with van der Waals surface area (Å²) in [5, 5.41) is 3.20. The van der Waals surface area contributed by atoms with Crippen LogP contribution in [0.3, 0.4) is 0 Å². The van der Waals surface area contributed by atoms with Crippen molar-refractivity contribution in [3.8, 4) is 0 Å². The fourth-order valence-electron chi connectivity index (χ4n) is 2.38. The first-order valence-corrected chi connectivity index (χ1v) is 6.50. The summed E-state index contributed by atoms with van der Waals surface area (Å²) in [6, 6.07) is 0.288. The fourth-order valence-corrected chi connectivity index (χ4v) is 2.38. The van der Waals surface area contributed by atoms with Gasteiger partial charge in [-0.1, -0.05) is 0 Å². The highest BCUT2D eigenvalue weighted by molar-refractivity contribution is 5.33. The van der Waals surface area contributed by atoms with Crippen molar-refractivity contribution in [2.45, 2.75) is 57.7 Å². The van der Waals surface area contributed by atoms with Crippen LogP contribution in [-0.2, 0) is 5.54 Å². The third kappa shape index (κ3) is 2.56. The van der Waals surface area contributed by atoms with Crippen LogP contribution in [0.15, 0.2) is 17.2 Å². The predicted molar refractivity (Wildman–Crippen MR) is 72.7 cm³/mol. The molecule has 0 bridgehead atoms. The second kappa shape index (κ2) is 4.72. The SMILES string of the molecule is CC(C)(C)n1ccnc(NC2CCCC2N)c1=O. The molecule has 0 saturated heterocycles. The molecular formula is C13H22N4O. The van der Waals surface area contributed by atoms with Gasteiger partial charge >= 0.3 is 0 Å². The summed E-state index contributed by atoms with van der Waals surface area (Å²) in [5.74, 6) is 0.412. The third-order valence-corrected chi connectivity index (χ3v) is 3.45. The Bertz CT molecular complexity index is 475. The second-order valence-corrected chi connectivity index (χ2v) is 5.97. The fraction of sp³-hybridized carbons (Fsp3) is 0.692. The number of hydrogen-bond donors (Lipinski definition) is 2. The van der Waals surface area contributed by atoms with Crippen LogP contribution in [0, 0.1) is 0 Å². The van der Waals surface area contributed by atoms with E-state index in [1.54, 1.807) is 17.0 Å². The van der Waals surface area contributed by atoms with Crippen LogP contribution in [0.4, 0.5) is 5.82 Å². The Labute approximate surface area is 107 Å². The molecule has 1 heterocycles. The Hall–Kier alpha value is -1.36. The topological polar surface area (TPSA) is 72.9 Å². The van der Waals surface area contributed by atoms with E-state index < -0.39 is 0 Å². The molecule has 1 saturated carbocycles. The van der Waals surface area contributed by atoms with Crippen LogP contribution < -0.4 is 16.6 Å². The van der Waals surface area contributed by atoms with Crippen molar-refractivity contribution in [2.24, 2.45) is 5.73 Å². The molecule has 1 fully saturated rings. The molecule has 100 valence electrons. The molecule has 3 N–H and O–H groups in total. The van der Waals surface area contributed by atoms with Gasteiger partial charge in [-0.15, -0.1) is 0 Å². The lowest BCUT2D eigenvalue weighted by Gasteiger charge is -2.24. The van der Waals surface area contributed by atoms with E-state index >= 15 is 0 Å². The van der Waals surface area contributed by atoms with Crippen molar-refractivity contribution in [3.05, 3.63) is 22.7 Å². The molecule has 0 amide bonds. The number of nitrogens with zero attached hydrogens (tertiary/aromatic N) is 2. The molecule has 0 aliphatic heterocycles. The van der Waals surface area contributed by atoms with Crippen molar-refractivity contribution in [1.82, 2.24) is 9.55 Å². The summed E-state index contributed by atoms with van der Waals surface area (Å²) in [5.41, 5.74) is 5.68.